The summed E-state index contributed by atoms with van der Waals surface area (Å²) in [4.78, 5) is 26.9. The monoisotopic (exact) mass is 382 g/mol. The van der Waals surface area contributed by atoms with Gasteiger partial charge in [-0.25, -0.2) is 4.79 Å². The molecule has 0 N–H and O–H groups in total. The first kappa shape index (κ1) is 18.8. The highest BCUT2D eigenvalue weighted by Crippen LogP contribution is 2.37. The van der Waals surface area contributed by atoms with Gasteiger partial charge in [0.15, 0.2) is 5.76 Å². The molecule has 1 fully saturated rings. The van der Waals surface area contributed by atoms with E-state index in [2.05, 4.69) is 4.74 Å². The normalized spacial score (nSPS) is 15.0. The van der Waals surface area contributed by atoms with Gasteiger partial charge >= 0.3 is 12.1 Å². The second-order valence-electron chi connectivity index (χ2n) is 5.98. The summed E-state index contributed by atoms with van der Waals surface area (Å²) in [5.41, 5.74) is -1.10. The predicted molar refractivity (Wildman–Crippen MR) is 89.6 cm³/mol. The van der Waals surface area contributed by atoms with Crippen molar-refractivity contribution in [3.63, 3.8) is 0 Å². The molecule has 1 saturated heterocycles. The number of alkyl halides is 3. The van der Waals surface area contributed by atoms with Crippen molar-refractivity contribution in [3.05, 3.63) is 53.5 Å². The largest absolute Gasteiger partial charge is 0.465 e. The number of methoxy groups -OCH3 is 1. The number of nitrogens with zero attached hydrogens (tertiary/aromatic N) is 2. The number of furan rings is 1. The highest BCUT2D eigenvalue weighted by molar-refractivity contribution is 5.92. The molecule has 144 valence electrons. The topological polar surface area (TPSA) is 63.0 Å². The fourth-order valence-corrected chi connectivity index (χ4v) is 2.99. The number of carbonyl (C=O) groups excluding carboxylic acids is 2. The van der Waals surface area contributed by atoms with Crippen LogP contribution in [0.2, 0.25) is 0 Å². The van der Waals surface area contributed by atoms with E-state index in [0.29, 0.717) is 0 Å². The molecule has 0 saturated carbocycles. The lowest BCUT2D eigenvalue weighted by atomic mass is 10.1. The Morgan fingerprint density at radius 1 is 1.11 bits per heavy atom. The molecule has 27 heavy (non-hydrogen) atoms. The van der Waals surface area contributed by atoms with Gasteiger partial charge in [-0.15, -0.1) is 0 Å². The first-order chi connectivity index (χ1) is 12.8. The van der Waals surface area contributed by atoms with Crippen LogP contribution in [0.4, 0.5) is 18.9 Å². The van der Waals surface area contributed by atoms with Crippen molar-refractivity contribution in [2.75, 3.05) is 38.2 Å². The molecule has 1 aromatic carbocycles. The number of benzene rings is 1. The van der Waals surface area contributed by atoms with Crippen molar-refractivity contribution in [1.82, 2.24) is 4.90 Å². The number of esters is 1. The Morgan fingerprint density at radius 3 is 2.37 bits per heavy atom. The van der Waals surface area contributed by atoms with E-state index in [4.69, 9.17) is 4.42 Å². The number of hydrogen-bond donors (Lipinski definition) is 0. The Kier molecular flexibility index (Phi) is 5.11. The van der Waals surface area contributed by atoms with E-state index >= 15 is 0 Å². The summed E-state index contributed by atoms with van der Waals surface area (Å²) in [6.07, 6.45) is -3.23. The van der Waals surface area contributed by atoms with E-state index in [1.807, 2.05) is 0 Å². The zero-order valence-electron chi connectivity index (χ0n) is 14.5. The molecule has 1 aliphatic rings. The zero-order chi connectivity index (χ0) is 19.6. The van der Waals surface area contributed by atoms with Gasteiger partial charge in [0.2, 0.25) is 0 Å². The molecule has 0 spiro atoms. The maximum Gasteiger partial charge on any atom is 0.418 e. The van der Waals surface area contributed by atoms with Crippen LogP contribution in [-0.4, -0.2) is 50.1 Å². The Labute approximate surface area is 153 Å². The molecule has 1 aromatic heterocycles. The van der Waals surface area contributed by atoms with Gasteiger partial charge in [0.1, 0.15) is 0 Å². The fraction of sp³-hybridized carbons (Fsp3) is 0.333. The third kappa shape index (κ3) is 3.91. The van der Waals surface area contributed by atoms with Crippen LogP contribution in [0.25, 0.3) is 0 Å². The van der Waals surface area contributed by atoms with E-state index in [0.717, 1.165) is 13.2 Å². The first-order valence-corrected chi connectivity index (χ1v) is 8.18. The number of piperazine rings is 1. The first-order valence-electron chi connectivity index (χ1n) is 8.18. The van der Waals surface area contributed by atoms with E-state index < -0.39 is 17.7 Å². The lowest BCUT2D eigenvalue weighted by molar-refractivity contribution is -0.137. The SMILES string of the molecule is COC(=O)c1ccc(N2CCN(C(=O)c3ccco3)CC2)c(C(F)(F)F)c1. The van der Waals surface area contributed by atoms with E-state index in [9.17, 15) is 22.8 Å². The average Bonchev–Trinajstić information content (AvgIpc) is 3.20. The van der Waals surface area contributed by atoms with Crippen LogP contribution in [0.5, 0.6) is 0 Å². The van der Waals surface area contributed by atoms with Gasteiger partial charge in [-0.3, -0.25) is 4.79 Å². The molecular formula is C18H17F3N2O4. The summed E-state index contributed by atoms with van der Waals surface area (Å²) in [6, 6.07) is 6.50. The molecule has 0 aliphatic carbocycles. The minimum Gasteiger partial charge on any atom is -0.465 e. The Bertz CT molecular complexity index is 826. The molecule has 3 rings (SSSR count). The minimum absolute atomic E-state index is 0.0275. The summed E-state index contributed by atoms with van der Waals surface area (Å²) in [7, 11) is 1.11. The van der Waals surface area contributed by atoms with Crippen molar-refractivity contribution in [2.24, 2.45) is 0 Å². The van der Waals surface area contributed by atoms with Crippen LogP contribution >= 0.6 is 0 Å². The number of rotatable bonds is 3. The Hall–Kier alpha value is -2.97. The summed E-state index contributed by atoms with van der Waals surface area (Å²) in [6.45, 7) is 0.978. The second kappa shape index (κ2) is 7.34. The van der Waals surface area contributed by atoms with Crippen LogP contribution in [0.1, 0.15) is 26.5 Å². The maximum atomic E-state index is 13.5. The molecule has 0 atom stereocenters. The number of halogens is 3. The van der Waals surface area contributed by atoms with Crippen LogP contribution < -0.4 is 4.90 Å². The summed E-state index contributed by atoms with van der Waals surface area (Å²) >= 11 is 0. The fourth-order valence-electron chi connectivity index (χ4n) is 2.99. The maximum absolute atomic E-state index is 13.5. The molecule has 2 aromatic rings. The van der Waals surface area contributed by atoms with Crippen molar-refractivity contribution in [1.29, 1.82) is 0 Å². The lowest BCUT2D eigenvalue weighted by Crippen LogP contribution is -2.49. The summed E-state index contributed by atoms with van der Waals surface area (Å²) < 4.78 is 50.0. The van der Waals surface area contributed by atoms with Gasteiger partial charge in [0.05, 0.1) is 24.5 Å². The number of anilines is 1. The van der Waals surface area contributed by atoms with Crippen molar-refractivity contribution in [2.45, 2.75) is 6.18 Å². The van der Waals surface area contributed by atoms with Gasteiger partial charge in [-0.1, -0.05) is 0 Å². The zero-order valence-corrected chi connectivity index (χ0v) is 14.5. The standard InChI is InChI=1S/C18H17F3N2O4/c1-26-17(25)12-4-5-14(13(11-12)18(19,20)21)22-6-8-23(9-7-22)16(24)15-3-2-10-27-15/h2-5,10-11H,6-9H2,1H3. The van der Waals surface area contributed by atoms with Gasteiger partial charge in [0.25, 0.3) is 5.91 Å². The van der Waals surface area contributed by atoms with Gasteiger partial charge in [0, 0.05) is 31.9 Å². The summed E-state index contributed by atoms with van der Waals surface area (Å²) in [5, 5.41) is 0. The molecule has 0 bridgehead atoms. The minimum atomic E-state index is -4.62. The van der Waals surface area contributed by atoms with Crippen molar-refractivity contribution in [3.8, 4) is 0 Å². The molecule has 6 nitrogen and oxygen atoms in total. The molecule has 2 heterocycles. The van der Waals surface area contributed by atoms with Crippen LogP contribution in [0.3, 0.4) is 0 Å². The average molecular weight is 382 g/mol. The summed E-state index contributed by atoms with van der Waals surface area (Å²) in [5.74, 6) is -0.931. The lowest BCUT2D eigenvalue weighted by Gasteiger charge is -2.36. The number of hydrogen-bond acceptors (Lipinski definition) is 5. The molecule has 0 unspecified atom stereocenters. The van der Waals surface area contributed by atoms with E-state index in [-0.39, 0.29) is 49.1 Å². The van der Waals surface area contributed by atoms with Crippen molar-refractivity contribution < 1.29 is 31.9 Å². The second-order valence-corrected chi connectivity index (χ2v) is 5.98. The van der Waals surface area contributed by atoms with Crippen LogP contribution in [0.15, 0.2) is 41.0 Å². The van der Waals surface area contributed by atoms with E-state index in [1.54, 1.807) is 17.0 Å². The Balaban J connectivity index is 1.79. The number of carbonyl (C=O) groups is 2. The smallest absolute Gasteiger partial charge is 0.418 e. The van der Waals surface area contributed by atoms with Crippen LogP contribution in [-0.2, 0) is 10.9 Å². The van der Waals surface area contributed by atoms with Crippen molar-refractivity contribution >= 4 is 17.6 Å². The third-order valence-electron chi connectivity index (χ3n) is 4.36. The van der Waals surface area contributed by atoms with Gasteiger partial charge < -0.3 is 19.0 Å². The molecule has 9 heteroatoms. The third-order valence-corrected chi connectivity index (χ3v) is 4.36. The molecule has 1 aliphatic heterocycles. The quantitative estimate of drug-likeness (QED) is 0.764. The van der Waals surface area contributed by atoms with E-state index in [1.165, 1.54) is 23.3 Å². The van der Waals surface area contributed by atoms with Crippen LogP contribution in [0, 0.1) is 0 Å². The predicted octanol–water partition coefficient (Wildman–Crippen LogP) is 3.05. The van der Waals surface area contributed by atoms with Gasteiger partial charge in [-0.2, -0.15) is 13.2 Å². The molecular weight excluding hydrogens is 365 g/mol. The van der Waals surface area contributed by atoms with Gasteiger partial charge in [-0.05, 0) is 30.3 Å². The number of ether oxygens (including phenoxy) is 1. The highest BCUT2D eigenvalue weighted by atomic mass is 19.4. The molecule has 0 radical (unpaired) electrons. The molecule has 1 amide bonds. The Morgan fingerprint density at radius 2 is 1.81 bits per heavy atom. The number of amides is 1. The highest BCUT2D eigenvalue weighted by Gasteiger charge is 2.36.